The molecular weight excluding hydrogens is 203 g/mol. The molecule has 0 saturated carbocycles. The molecule has 0 N–H and O–H groups in total. The molecule has 4 nitrogen and oxygen atoms in total. The molecule has 78 valence electrons. The first kappa shape index (κ1) is 13.0. The van der Waals surface area contributed by atoms with Crippen molar-refractivity contribution in [2.75, 3.05) is 26.0 Å². The second kappa shape index (κ2) is 6.42. The van der Waals surface area contributed by atoms with Crippen molar-refractivity contribution < 1.29 is 18.6 Å². The van der Waals surface area contributed by atoms with Crippen LogP contribution in [-0.4, -0.2) is 32.0 Å². The van der Waals surface area contributed by atoms with Crippen LogP contribution in [0.3, 0.4) is 0 Å². The van der Waals surface area contributed by atoms with Gasteiger partial charge in [0.1, 0.15) is 6.16 Å². The summed E-state index contributed by atoms with van der Waals surface area (Å²) in [6.07, 6.45) is 6.08. The first-order valence-electron chi connectivity index (χ1n) is 3.93. The molecule has 0 bridgehead atoms. The predicted molar refractivity (Wildman–Crippen MR) is 54.3 cm³/mol. The molecule has 0 spiro atoms. The van der Waals surface area contributed by atoms with Crippen LogP contribution in [0.2, 0.25) is 0 Å². The smallest absolute Gasteiger partial charge is 0.316 e. The number of carbonyl (C=O) groups excluding carboxylic acids is 1. The molecule has 0 aromatic heterocycles. The number of ether oxygens (including phenoxy) is 1. The first-order chi connectivity index (χ1) is 6.52. The van der Waals surface area contributed by atoms with Gasteiger partial charge in [0, 0.05) is 6.66 Å². The molecule has 0 rings (SSSR count). The number of carbonyl (C=O) groups is 1. The minimum atomic E-state index is -2.92. The molecule has 0 fully saturated rings. The Bertz CT molecular complexity index is 290. The van der Waals surface area contributed by atoms with Crippen molar-refractivity contribution >= 4 is 13.3 Å². The van der Waals surface area contributed by atoms with Gasteiger partial charge in [0.05, 0.1) is 6.61 Å². The topological polar surface area (TPSA) is 52.6 Å². The van der Waals surface area contributed by atoms with E-state index in [1.54, 1.807) is 0 Å². The lowest BCUT2D eigenvalue weighted by molar-refractivity contribution is -0.139. The van der Waals surface area contributed by atoms with Crippen molar-refractivity contribution in [1.29, 1.82) is 0 Å². The van der Waals surface area contributed by atoms with Gasteiger partial charge in [-0.15, -0.1) is 13.0 Å². The molecule has 0 aromatic carbocycles. The number of rotatable bonds is 6. The fraction of sp³-hybridized carbons (Fsp3) is 0.444. The third-order valence-electron chi connectivity index (χ3n) is 1.20. The zero-order valence-electron chi connectivity index (χ0n) is 8.06. The van der Waals surface area contributed by atoms with Gasteiger partial charge in [0.15, 0.2) is 6.61 Å². The summed E-state index contributed by atoms with van der Waals surface area (Å²) in [5.74, 6) is 1.52. The highest BCUT2D eigenvalue weighted by Gasteiger charge is 2.21. The zero-order valence-corrected chi connectivity index (χ0v) is 8.96. The molecule has 1 atom stereocenters. The quantitative estimate of drug-likeness (QED) is 0.290. The van der Waals surface area contributed by atoms with Crippen molar-refractivity contribution in [3.8, 4) is 12.3 Å². The molecule has 0 aliphatic rings. The number of hydrogen-bond donors (Lipinski definition) is 0. The Morgan fingerprint density at radius 3 is 2.86 bits per heavy atom. The van der Waals surface area contributed by atoms with Gasteiger partial charge in [0.2, 0.25) is 7.37 Å². The third-order valence-corrected chi connectivity index (χ3v) is 2.73. The van der Waals surface area contributed by atoms with Crippen molar-refractivity contribution in [3.63, 3.8) is 0 Å². The van der Waals surface area contributed by atoms with Gasteiger partial charge in [-0.3, -0.25) is 9.36 Å². The maximum Gasteiger partial charge on any atom is 0.316 e. The molecule has 0 amide bonds. The summed E-state index contributed by atoms with van der Waals surface area (Å²) in [4.78, 5) is 11.0. The lowest BCUT2D eigenvalue weighted by Gasteiger charge is -2.10. The van der Waals surface area contributed by atoms with Gasteiger partial charge >= 0.3 is 5.97 Å². The van der Waals surface area contributed by atoms with Crippen molar-refractivity contribution in [2.45, 2.75) is 0 Å². The van der Waals surface area contributed by atoms with E-state index in [1.165, 1.54) is 12.7 Å². The minimum absolute atomic E-state index is 0.111. The largest absolute Gasteiger partial charge is 0.452 e. The van der Waals surface area contributed by atoms with Crippen LogP contribution in [0.1, 0.15) is 0 Å². The Morgan fingerprint density at radius 1 is 1.71 bits per heavy atom. The fourth-order valence-electron chi connectivity index (χ4n) is 0.658. The standard InChI is InChI=1S/C9H13O4P/c1-4-6-12-9(10)8-14(3,11)13-7-5-2/h1,5H,2,6-8H2,3H3. The van der Waals surface area contributed by atoms with Crippen LogP contribution < -0.4 is 0 Å². The number of esters is 1. The van der Waals surface area contributed by atoms with E-state index in [-0.39, 0.29) is 19.4 Å². The molecule has 0 aromatic rings. The summed E-state index contributed by atoms with van der Waals surface area (Å²) in [6.45, 7) is 4.81. The number of hydrogen-bond acceptors (Lipinski definition) is 4. The number of terminal acetylenes is 1. The summed E-state index contributed by atoms with van der Waals surface area (Å²) in [7, 11) is -2.92. The van der Waals surface area contributed by atoms with Crippen LogP contribution in [0, 0.1) is 12.3 Å². The second-order valence-corrected chi connectivity index (χ2v) is 5.22. The summed E-state index contributed by atoms with van der Waals surface area (Å²) >= 11 is 0. The summed E-state index contributed by atoms with van der Waals surface area (Å²) in [5, 5.41) is 0. The van der Waals surface area contributed by atoms with Crippen LogP contribution >= 0.6 is 7.37 Å². The first-order valence-corrected chi connectivity index (χ1v) is 6.18. The van der Waals surface area contributed by atoms with E-state index >= 15 is 0 Å². The maximum atomic E-state index is 11.5. The Morgan fingerprint density at radius 2 is 2.36 bits per heavy atom. The van der Waals surface area contributed by atoms with E-state index in [9.17, 15) is 9.36 Å². The van der Waals surface area contributed by atoms with Gasteiger partial charge in [-0.2, -0.15) is 0 Å². The van der Waals surface area contributed by atoms with Crippen LogP contribution in [0.15, 0.2) is 12.7 Å². The highest BCUT2D eigenvalue weighted by Crippen LogP contribution is 2.42. The molecule has 0 heterocycles. The summed E-state index contributed by atoms with van der Waals surface area (Å²) < 4.78 is 21.0. The lowest BCUT2D eigenvalue weighted by atomic mass is 10.7. The van der Waals surface area contributed by atoms with Crippen molar-refractivity contribution in [1.82, 2.24) is 0 Å². The molecule has 5 heteroatoms. The van der Waals surface area contributed by atoms with Gasteiger partial charge in [-0.25, -0.2) is 0 Å². The minimum Gasteiger partial charge on any atom is -0.452 e. The summed E-state index contributed by atoms with van der Waals surface area (Å²) in [6, 6.07) is 0. The highest BCUT2D eigenvalue weighted by atomic mass is 31.2. The Balaban J connectivity index is 3.96. The maximum absolute atomic E-state index is 11.5. The Kier molecular flexibility index (Phi) is 5.94. The molecule has 0 saturated heterocycles. The van der Waals surface area contributed by atoms with E-state index in [0.29, 0.717) is 0 Å². The van der Waals surface area contributed by atoms with E-state index in [1.807, 2.05) is 0 Å². The summed E-state index contributed by atoms with van der Waals surface area (Å²) in [5.41, 5.74) is 0. The average molecular weight is 216 g/mol. The van der Waals surface area contributed by atoms with E-state index in [0.717, 1.165) is 0 Å². The second-order valence-electron chi connectivity index (χ2n) is 2.62. The Labute approximate surface area is 83.7 Å². The van der Waals surface area contributed by atoms with Crippen LogP contribution in [-0.2, 0) is 18.6 Å². The van der Waals surface area contributed by atoms with E-state index in [4.69, 9.17) is 10.9 Å². The van der Waals surface area contributed by atoms with Crippen molar-refractivity contribution in [3.05, 3.63) is 12.7 Å². The van der Waals surface area contributed by atoms with Gasteiger partial charge in [-0.1, -0.05) is 12.0 Å². The van der Waals surface area contributed by atoms with E-state index < -0.39 is 13.3 Å². The predicted octanol–water partition coefficient (Wildman–Crippen LogP) is 1.27. The Hall–Kier alpha value is -1.04. The molecule has 1 unspecified atom stereocenters. The molecule has 0 radical (unpaired) electrons. The SMILES string of the molecule is C#CCOC(=O)CP(C)(=O)OCC=C. The van der Waals surface area contributed by atoms with Gasteiger partial charge < -0.3 is 9.26 Å². The zero-order chi connectivity index (χ0) is 11.0. The molecule has 14 heavy (non-hydrogen) atoms. The molecular formula is C9H13O4P. The van der Waals surface area contributed by atoms with E-state index in [2.05, 4.69) is 17.2 Å². The molecule has 0 aliphatic heterocycles. The van der Waals surface area contributed by atoms with Crippen molar-refractivity contribution in [2.24, 2.45) is 0 Å². The van der Waals surface area contributed by atoms with Gasteiger partial charge in [-0.05, 0) is 0 Å². The monoisotopic (exact) mass is 216 g/mol. The van der Waals surface area contributed by atoms with Crippen LogP contribution in [0.4, 0.5) is 0 Å². The highest BCUT2D eigenvalue weighted by molar-refractivity contribution is 7.59. The fourth-order valence-corrected chi connectivity index (χ4v) is 1.73. The molecule has 0 aliphatic carbocycles. The lowest BCUT2D eigenvalue weighted by Crippen LogP contribution is -2.11. The average Bonchev–Trinajstić information content (AvgIpc) is 2.11. The van der Waals surface area contributed by atoms with Gasteiger partial charge in [0.25, 0.3) is 0 Å². The normalized spacial score (nSPS) is 13.7. The van der Waals surface area contributed by atoms with Crippen LogP contribution in [0.5, 0.6) is 0 Å². The third kappa shape index (κ3) is 6.47. The van der Waals surface area contributed by atoms with Crippen LogP contribution in [0.25, 0.3) is 0 Å².